The number of carbonyl (C=O) groups excluding carboxylic acids is 1. The molecule has 2 aromatic carbocycles. The van der Waals surface area contributed by atoms with Gasteiger partial charge in [-0.3, -0.25) is 11.6 Å². The molecule has 2 unspecified atom stereocenters. The number of carbonyl (C=O) groups is 1. The molecule has 0 bridgehead atoms. The van der Waals surface area contributed by atoms with Gasteiger partial charge in [0.25, 0.3) is 0 Å². The molecule has 2 atom stereocenters. The molecule has 9 N–H and O–H groups in total. The maximum atomic E-state index is 12.5. The lowest BCUT2D eigenvalue weighted by Crippen LogP contribution is -2.48. The van der Waals surface area contributed by atoms with E-state index in [1.165, 1.54) is 0 Å². The number of nitrogens with zero attached hydrogens (tertiary/aromatic N) is 3. The Morgan fingerprint density at radius 1 is 1.24 bits per heavy atom. The van der Waals surface area contributed by atoms with E-state index in [0.29, 0.717) is 46.6 Å². The van der Waals surface area contributed by atoms with Gasteiger partial charge in [0.05, 0.1) is 22.3 Å². The molecular formula is C25H36Cl2N8O3. The van der Waals surface area contributed by atoms with Crippen LogP contribution in [0.5, 0.6) is 5.75 Å². The summed E-state index contributed by atoms with van der Waals surface area (Å²) in [7, 11) is 0. The van der Waals surface area contributed by atoms with Crippen LogP contribution < -0.4 is 38.3 Å². The van der Waals surface area contributed by atoms with E-state index >= 15 is 0 Å². The minimum atomic E-state index is -0.922. The number of aliphatic imine (C=N–C) groups is 1. The zero-order valence-corrected chi connectivity index (χ0v) is 23.3. The van der Waals surface area contributed by atoms with Crippen LogP contribution >= 0.6 is 23.2 Å². The lowest BCUT2D eigenvalue weighted by molar-refractivity contribution is 0.0211. The number of hydrogen-bond acceptors (Lipinski definition) is 8. The zero-order chi connectivity index (χ0) is 28.0. The average molecular weight is 568 g/mol. The molecule has 3 rings (SSSR count). The number of hydrazine groups is 2. The number of amides is 1. The van der Waals surface area contributed by atoms with Crippen LogP contribution in [0.3, 0.4) is 0 Å². The second-order valence-electron chi connectivity index (χ2n) is 9.88. The first-order valence-corrected chi connectivity index (χ1v) is 13.0. The van der Waals surface area contributed by atoms with Gasteiger partial charge in [-0.15, -0.1) is 0 Å². The molecule has 1 aliphatic rings. The standard InChI is InChI=1S/C25H36Cl2N8O3/c1-25(2,3)38-24(36)34-11-4-5-16(34)10-12-37-18-8-6-15(7-9-18)21-19(26)13-17(14-20(21)27)35(31)23(29)32-22(28)33-30/h6-9,13-14,16,22,33H,4-5,10-12,28,30-31H2,1-3H3,(H2,29,32). The number of guanidine groups is 1. The minimum absolute atomic E-state index is 0.0799. The van der Waals surface area contributed by atoms with Crippen LogP contribution in [0.1, 0.15) is 40.0 Å². The summed E-state index contributed by atoms with van der Waals surface area (Å²) in [5, 5.41) is 1.84. The van der Waals surface area contributed by atoms with Gasteiger partial charge in [-0.25, -0.2) is 26.1 Å². The second kappa shape index (κ2) is 12.8. The number of benzene rings is 2. The zero-order valence-electron chi connectivity index (χ0n) is 21.8. The maximum Gasteiger partial charge on any atom is 0.410 e. The molecular weight excluding hydrogens is 531 g/mol. The number of likely N-dealkylation sites (tertiary alicyclic amines) is 1. The summed E-state index contributed by atoms with van der Waals surface area (Å²) < 4.78 is 11.5. The van der Waals surface area contributed by atoms with Gasteiger partial charge in [-0.2, -0.15) is 0 Å². The summed E-state index contributed by atoms with van der Waals surface area (Å²) in [6.07, 6.45) is 1.41. The van der Waals surface area contributed by atoms with Crippen molar-refractivity contribution in [1.29, 1.82) is 0 Å². The quantitative estimate of drug-likeness (QED) is 0.105. The van der Waals surface area contributed by atoms with Crippen molar-refractivity contribution in [2.75, 3.05) is 18.2 Å². The number of anilines is 1. The third-order valence-electron chi connectivity index (χ3n) is 5.86. The fourth-order valence-corrected chi connectivity index (χ4v) is 4.77. The number of nitrogens with one attached hydrogen (secondary N) is 1. The molecule has 0 aromatic heterocycles. The summed E-state index contributed by atoms with van der Waals surface area (Å²) in [6, 6.07) is 10.8. The van der Waals surface area contributed by atoms with Crippen LogP contribution in [0.15, 0.2) is 41.4 Å². The van der Waals surface area contributed by atoms with Crippen molar-refractivity contribution in [2.24, 2.45) is 28.1 Å². The molecule has 13 heteroatoms. The van der Waals surface area contributed by atoms with Crippen molar-refractivity contribution in [3.63, 3.8) is 0 Å². The highest BCUT2D eigenvalue weighted by Gasteiger charge is 2.32. The van der Waals surface area contributed by atoms with E-state index in [0.717, 1.165) is 23.4 Å². The average Bonchev–Trinajstić information content (AvgIpc) is 3.31. The van der Waals surface area contributed by atoms with Gasteiger partial charge < -0.3 is 20.1 Å². The Labute approximate surface area is 232 Å². The molecule has 1 amide bonds. The number of halogens is 2. The van der Waals surface area contributed by atoms with Crippen LogP contribution in [0.25, 0.3) is 11.1 Å². The molecule has 1 aliphatic heterocycles. The van der Waals surface area contributed by atoms with Gasteiger partial charge in [0, 0.05) is 24.6 Å². The van der Waals surface area contributed by atoms with E-state index in [9.17, 15) is 4.79 Å². The number of rotatable bonds is 8. The highest BCUT2D eigenvalue weighted by Crippen LogP contribution is 2.38. The molecule has 0 saturated carbocycles. The Morgan fingerprint density at radius 2 is 1.87 bits per heavy atom. The van der Waals surface area contributed by atoms with Crippen molar-refractivity contribution in [3.05, 3.63) is 46.4 Å². The van der Waals surface area contributed by atoms with Crippen molar-refractivity contribution in [2.45, 2.75) is 58.0 Å². The first-order chi connectivity index (χ1) is 17.9. The molecule has 0 radical (unpaired) electrons. The fourth-order valence-electron chi connectivity index (χ4n) is 4.08. The lowest BCUT2D eigenvalue weighted by Gasteiger charge is -2.28. The Balaban J connectivity index is 1.62. The molecule has 208 valence electrons. The molecule has 0 spiro atoms. The lowest BCUT2D eigenvalue weighted by atomic mass is 10.0. The van der Waals surface area contributed by atoms with E-state index in [1.807, 2.05) is 45.0 Å². The molecule has 0 aliphatic carbocycles. The highest BCUT2D eigenvalue weighted by molar-refractivity contribution is 6.39. The highest BCUT2D eigenvalue weighted by atomic mass is 35.5. The molecule has 1 saturated heterocycles. The Bertz CT molecular complexity index is 1120. The predicted octanol–water partition coefficient (Wildman–Crippen LogP) is 3.53. The molecule has 1 fully saturated rings. The maximum absolute atomic E-state index is 12.5. The van der Waals surface area contributed by atoms with Gasteiger partial charge in [0.1, 0.15) is 11.4 Å². The van der Waals surface area contributed by atoms with Crippen molar-refractivity contribution in [3.8, 4) is 16.9 Å². The van der Waals surface area contributed by atoms with Gasteiger partial charge in [-0.05, 0) is 63.4 Å². The van der Waals surface area contributed by atoms with Gasteiger partial charge in [-0.1, -0.05) is 35.3 Å². The fraction of sp³-hybridized carbons (Fsp3) is 0.440. The van der Waals surface area contributed by atoms with Gasteiger partial charge >= 0.3 is 6.09 Å². The van der Waals surface area contributed by atoms with Crippen molar-refractivity contribution >= 4 is 40.9 Å². The summed E-state index contributed by atoms with van der Waals surface area (Å²) in [5.74, 6) is 11.9. The Morgan fingerprint density at radius 3 is 2.45 bits per heavy atom. The second-order valence-corrected chi connectivity index (χ2v) is 10.7. The van der Waals surface area contributed by atoms with Crippen LogP contribution in [0.2, 0.25) is 10.0 Å². The van der Waals surface area contributed by atoms with Crippen LogP contribution in [0.4, 0.5) is 10.5 Å². The first-order valence-electron chi connectivity index (χ1n) is 12.2. The SMILES string of the molecule is CC(C)(C)OC(=O)N1CCCC1CCOc1ccc(-c2c(Cl)cc(N(N)C(N)=NC(N)NN)cc2Cl)cc1. The Hall–Kier alpha value is -2.80. The third kappa shape index (κ3) is 7.85. The van der Waals surface area contributed by atoms with Crippen LogP contribution in [-0.4, -0.2) is 48.0 Å². The molecule has 1 heterocycles. The summed E-state index contributed by atoms with van der Waals surface area (Å²) in [4.78, 5) is 18.2. The Kier molecular flexibility index (Phi) is 10.0. The van der Waals surface area contributed by atoms with Crippen molar-refractivity contribution < 1.29 is 14.3 Å². The summed E-state index contributed by atoms with van der Waals surface area (Å²) in [6.45, 7) is 6.78. The van der Waals surface area contributed by atoms with Gasteiger partial charge in [0.15, 0.2) is 6.29 Å². The largest absolute Gasteiger partial charge is 0.494 e. The van der Waals surface area contributed by atoms with Crippen molar-refractivity contribution in [1.82, 2.24) is 10.3 Å². The molecule has 38 heavy (non-hydrogen) atoms. The smallest absolute Gasteiger partial charge is 0.410 e. The monoisotopic (exact) mass is 566 g/mol. The number of hydrogen-bond donors (Lipinski definition) is 5. The topological polar surface area (TPSA) is 170 Å². The minimum Gasteiger partial charge on any atom is -0.494 e. The normalized spacial score (nSPS) is 16.9. The van der Waals surface area contributed by atoms with Gasteiger partial charge in [0.2, 0.25) is 5.96 Å². The number of nitrogens with two attached hydrogens (primary N) is 4. The summed E-state index contributed by atoms with van der Waals surface area (Å²) >= 11 is 13.1. The van der Waals surface area contributed by atoms with Crippen LogP contribution in [-0.2, 0) is 4.74 Å². The summed E-state index contributed by atoms with van der Waals surface area (Å²) in [5.41, 5.74) is 15.0. The number of ether oxygens (including phenoxy) is 2. The van der Waals surface area contributed by atoms with Crippen LogP contribution in [0, 0.1) is 0 Å². The van der Waals surface area contributed by atoms with E-state index in [2.05, 4.69) is 10.4 Å². The van der Waals surface area contributed by atoms with E-state index in [4.69, 9.17) is 55.8 Å². The molecule has 2 aromatic rings. The molecule has 11 nitrogen and oxygen atoms in total. The van der Waals surface area contributed by atoms with E-state index in [1.54, 1.807) is 17.0 Å². The first kappa shape index (κ1) is 29.8. The van der Waals surface area contributed by atoms with E-state index in [-0.39, 0.29) is 18.1 Å². The predicted molar refractivity (Wildman–Crippen MR) is 152 cm³/mol. The van der Waals surface area contributed by atoms with E-state index < -0.39 is 11.9 Å². The third-order valence-corrected chi connectivity index (χ3v) is 6.46.